The molecular formula is C12H14F6NO4S2+. The molecule has 0 amide bonds. The Hall–Kier alpha value is -1.37. The van der Waals surface area contributed by atoms with E-state index in [4.69, 9.17) is 0 Å². The number of halogens is 6. The third kappa shape index (κ3) is 3.91. The van der Waals surface area contributed by atoms with Gasteiger partial charge in [-0.3, -0.25) is 0 Å². The summed E-state index contributed by atoms with van der Waals surface area (Å²) in [7, 11) is -12.7. The maximum Gasteiger partial charge on any atom is 0.507 e. The molecule has 13 heteroatoms. The topological polar surface area (TPSA) is 72.2 Å². The van der Waals surface area contributed by atoms with Crippen LogP contribution < -0.4 is 4.57 Å². The van der Waals surface area contributed by atoms with Crippen LogP contribution >= 0.6 is 0 Å². The van der Waals surface area contributed by atoms with Crippen molar-refractivity contribution < 1.29 is 47.7 Å². The van der Waals surface area contributed by atoms with Crippen molar-refractivity contribution in [3.63, 3.8) is 0 Å². The first-order valence-corrected chi connectivity index (χ1v) is 9.71. The SMILES string of the molecule is CCCC[n+]1ccc(C)c(S(=O)(=O)C(F)(F)F)c1S(=O)(=O)C(F)(F)F. The lowest BCUT2D eigenvalue weighted by atomic mass is 10.3. The molecule has 0 N–H and O–H groups in total. The van der Waals surface area contributed by atoms with Gasteiger partial charge in [0.1, 0.15) is 6.54 Å². The monoisotopic (exact) mass is 414 g/mol. The van der Waals surface area contributed by atoms with Gasteiger partial charge in [0.2, 0.25) is 0 Å². The first-order valence-electron chi connectivity index (χ1n) is 6.74. The zero-order valence-electron chi connectivity index (χ0n) is 12.9. The number of aryl methyl sites for hydroxylation is 2. The van der Waals surface area contributed by atoms with Crippen molar-refractivity contribution in [1.29, 1.82) is 0 Å². The summed E-state index contributed by atoms with van der Waals surface area (Å²) in [5, 5.41) is -1.93. The van der Waals surface area contributed by atoms with Crippen LogP contribution in [-0.2, 0) is 26.2 Å². The Labute approximate surface area is 140 Å². The molecule has 1 heterocycles. The summed E-state index contributed by atoms with van der Waals surface area (Å²) in [6.45, 7) is 2.00. The van der Waals surface area contributed by atoms with Crippen molar-refractivity contribution >= 4 is 19.7 Å². The second-order valence-electron chi connectivity index (χ2n) is 5.08. The largest absolute Gasteiger partial charge is 0.507 e. The highest BCUT2D eigenvalue weighted by Crippen LogP contribution is 2.38. The number of hydrogen-bond donors (Lipinski definition) is 0. The summed E-state index contributed by atoms with van der Waals surface area (Å²) in [6.07, 6.45) is 1.33. The Balaban J connectivity index is 4.04. The maximum absolute atomic E-state index is 12.9. The van der Waals surface area contributed by atoms with Crippen molar-refractivity contribution in [3.05, 3.63) is 17.8 Å². The Morgan fingerprint density at radius 2 is 1.44 bits per heavy atom. The van der Waals surface area contributed by atoms with Gasteiger partial charge in [-0.25, -0.2) is 16.8 Å². The Morgan fingerprint density at radius 3 is 1.84 bits per heavy atom. The van der Waals surface area contributed by atoms with Crippen LogP contribution in [0.4, 0.5) is 26.3 Å². The molecule has 0 spiro atoms. The van der Waals surface area contributed by atoms with Crippen molar-refractivity contribution in [2.75, 3.05) is 0 Å². The zero-order valence-corrected chi connectivity index (χ0v) is 14.6. The predicted octanol–water partition coefficient (Wildman–Crippen LogP) is 2.67. The first-order chi connectivity index (χ1) is 11.1. The van der Waals surface area contributed by atoms with Gasteiger partial charge >= 0.3 is 25.9 Å². The minimum Gasteiger partial charge on any atom is -0.214 e. The maximum atomic E-state index is 12.9. The predicted molar refractivity (Wildman–Crippen MR) is 72.8 cm³/mol. The lowest BCUT2D eigenvalue weighted by molar-refractivity contribution is -0.737. The molecule has 25 heavy (non-hydrogen) atoms. The molecule has 0 aliphatic carbocycles. The van der Waals surface area contributed by atoms with E-state index in [0.29, 0.717) is 11.0 Å². The second-order valence-corrected chi connectivity index (χ2v) is 8.81. The highest BCUT2D eigenvalue weighted by molar-refractivity contribution is 7.95. The average molecular weight is 414 g/mol. The summed E-state index contributed by atoms with van der Waals surface area (Å²) in [6, 6.07) is 0.823. The van der Waals surface area contributed by atoms with E-state index in [9.17, 15) is 43.2 Å². The summed E-state index contributed by atoms with van der Waals surface area (Å²) in [5.41, 5.74) is -12.7. The summed E-state index contributed by atoms with van der Waals surface area (Å²) in [5.74, 6) is 0. The number of rotatable bonds is 5. The molecule has 0 atom stereocenters. The molecule has 0 bridgehead atoms. The molecular weight excluding hydrogens is 400 g/mol. The van der Waals surface area contributed by atoms with E-state index in [2.05, 4.69) is 0 Å². The van der Waals surface area contributed by atoms with E-state index in [1.807, 2.05) is 0 Å². The number of alkyl halides is 6. The summed E-state index contributed by atoms with van der Waals surface area (Å²) < 4.78 is 125. The van der Waals surface area contributed by atoms with Gasteiger partial charge < -0.3 is 0 Å². The molecule has 0 radical (unpaired) electrons. The zero-order chi connectivity index (χ0) is 19.8. The Morgan fingerprint density at radius 1 is 0.960 bits per heavy atom. The van der Waals surface area contributed by atoms with Crippen LogP contribution in [0.15, 0.2) is 22.2 Å². The van der Waals surface area contributed by atoms with Crippen LogP contribution in [0.1, 0.15) is 25.3 Å². The quantitative estimate of drug-likeness (QED) is 0.549. The van der Waals surface area contributed by atoms with E-state index in [0.717, 1.165) is 19.2 Å². The molecule has 0 saturated heterocycles. The van der Waals surface area contributed by atoms with Crippen LogP contribution in [-0.4, -0.2) is 27.9 Å². The Kier molecular flexibility index (Phi) is 5.84. The van der Waals surface area contributed by atoms with Gasteiger partial charge in [-0.2, -0.15) is 30.9 Å². The number of sulfone groups is 2. The van der Waals surface area contributed by atoms with Gasteiger partial charge in [0.05, 0.1) is 0 Å². The van der Waals surface area contributed by atoms with Crippen molar-refractivity contribution in [3.8, 4) is 0 Å². The average Bonchev–Trinajstić information content (AvgIpc) is 2.42. The van der Waals surface area contributed by atoms with Gasteiger partial charge in [0.15, 0.2) is 11.1 Å². The van der Waals surface area contributed by atoms with Crippen LogP contribution in [0.25, 0.3) is 0 Å². The van der Waals surface area contributed by atoms with E-state index in [1.54, 1.807) is 6.92 Å². The van der Waals surface area contributed by atoms with Crippen LogP contribution in [0.3, 0.4) is 0 Å². The molecule has 0 aliphatic rings. The minimum atomic E-state index is -6.35. The van der Waals surface area contributed by atoms with Gasteiger partial charge in [-0.05, 0) is 12.5 Å². The number of unbranched alkanes of at least 4 members (excludes halogenated alkanes) is 1. The fraction of sp³-hybridized carbons (Fsp3) is 0.583. The molecule has 1 aromatic heterocycles. The number of pyridine rings is 1. The molecule has 0 unspecified atom stereocenters. The third-order valence-electron chi connectivity index (χ3n) is 3.20. The molecule has 0 aromatic carbocycles. The molecule has 0 aliphatic heterocycles. The molecule has 1 rings (SSSR count). The van der Waals surface area contributed by atoms with E-state index in [1.165, 1.54) is 0 Å². The Bertz CT molecular complexity index is 857. The van der Waals surface area contributed by atoms with Crippen molar-refractivity contribution in [2.45, 2.75) is 54.2 Å². The molecule has 144 valence electrons. The number of nitrogens with zero attached hydrogens (tertiary/aromatic N) is 1. The smallest absolute Gasteiger partial charge is 0.214 e. The fourth-order valence-electron chi connectivity index (χ4n) is 1.98. The third-order valence-corrected chi connectivity index (χ3v) is 6.55. The van der Waals surface area contributed by atoms with Gasteiger partial charge in [0, 0.05) is 12.5 Å². The second kappa shape index (κ2) is 6.74. The van der Waals surface area contributed by atoms with E-state index in [-0.39, 0.29) is 6.42 Å². The van der Waals surface area contributed by atoms with Crippen LogP contribution in [0, 0.1) is 6.92 Å². The van der Waals surface area contributed by atoms with Crippen molar-refractivity contribution in [2.24, 2.45) is 0 Å². The highest BCUT2D eigenvalue weighted by Gasteiger charge is 2.59. The summed E-state index contributed by atoms with van der Waals surface area (Å²) in [4.78, 5) is -1.91. The fourth-order valence-corrected chi connectivity index (χ4v) is 4.79. The van der Waals surface area contributed by atoms with Crippen LogP contribution in [0.5, 0.6) is 0 Å². The van der Waals surface area contributed by atoms with E-state index < -0.39 is 52.7 Å². The molecule has 0 fully saturated rings. The van der Waals surface area contributed by atoms with Gasteiger partial charge in [0.25, 0.3) is 9.84 Å². The van der Waals surface area contributed by atoms with Gasteiger partial charge in [-0.1, -0.05) is 13.3 Å². The highest BCUT2D eigenvalue weighted by atomic mass is 32.2. The van der Waals surface area contributed by atoms with Gasteiger partial charge in [-0.15, -0.1) is 0 Å². The van der Waals surface area contributed by atoms with Crippen molar-refractivity contribution in [1.82, 2.24) is 0 Å². The number of hydrogen-bond acceptors (Lipinski definition) is 4. The normalized spacial score (nSPS) is 13.9. The van der Waals surface area contributed by atoms with E-state index >= 15 is 0 Å². The number of aromatic nitrogens is 1. The first kappa shape index (κ1) is 21.7. The molecule has 0 saturated carbocycles. The summed E-state index contributed by atoms with van der Waals surface area (Å²) >= 11 is 0. The molecule has 5 nitrogen and oxygen atoms in total. The lowest BCUT2D eigenvalue weighted by Gasteiger charge is -2.15. The minimum absolute atomic E-state index is 0.125. The lowest BCUT2D eigenvalue weighted by Crippen LogP contribution is -2.45. The van der Waals surface area contributed by atoms with Crippen LogP contribution in [0.2, 0.25) is 0 Å². The standard InChI is InChI=1S/C12H14F6NO4S2/c1-3-4-6-19-7-5-8(2)9(24(20,21)11(13,14)15)10(19)25(22,23)12(16,17)18/h5,7H,3-4,6H2,1-2H3/q+1. The molecule has 1 aromatic rings.